The summed E-state index contributed by atoms with van der Waals surface area (Å²) in [4.78, 5) is 36.0. The van der Waals surface area contributed by atoms with Gasteiger partial charge in [0.05, 0.1) is 5.92 Å². The molecule has 34 heavy (non-hydrogen) atoms. The zero-order valence-electron chi connectivity index (χ0n) is 19.6. The maximum Gasteiger partial charge on any atom is 0.407 e. The zero-order valence-corrected chi connectivity index (χ0v) is 19.6. The van der Waals surface area contributed by atoms with Crippen LogP contribution in [-0.2, 0) is 14.3 Å². The highest BCUT2D eigenvalue weighted by molar-refractivity contribution is 5.82. The standard InChI is InChI=1S/C27H32N2O5/c1-16(2)11-18(26(31)32)14-28-25(30)23-12-17(23)13-29-27(33)34-15-24-21-9-5-3-7-19(21)20-8-4-6-10-22(20)24/h3-10,16-18,23-24H,11-15H2,1-2H3,(H,28,30)(H,29,33)(H,31,32)/t17-,18?,23-/m0/s1. The third-order valence-electron chi connectivity index (χ3n) is 6.74. The highest BCUT2D eigenvalue weighted by Gasteiger charge is 2.43. The molecule has 1 saturated carbocycles. The van der Waals surface area contributed by atoms with Crippen LogP contribution in [0.25, 0.3) is 11.1 Å². The number of carboxylic acid groups (broad SMARTS) is 1. The van der Waals surface area contributed by atoms with Crippen LogP contribution in [0.5, 0.6) is 0 Å². The fraction of sp³-hybridized carbons (Fsp3) is 0.444. The van der Waals surface area contributed by atoms with Gasteiger partial charge in [0.15, 0.2) is 0 Å². The summed E-state index contributed by atoms with van der Waals surface area (Å²) < 4.78 is 5.54. The summed E-state index contributed by atoms with van der Waals surface area (Å²) in [6.45, 7) is 4.67. The van der Waals surface area contributed by atoms with Crippen molar-refractivity contribution >= 4 is 18.0 Å². The lowest BCUT2D eigenvalue weighted by molar-refractivity contribution is -0.142. The fourth-order valence-electron chi connectivity index (χ4n) is 4.85. The summed E-state index contributed by atoms with van der Waals surface area (Å²) in [6.07, 6.45) is 0.709. The third-order valence-corrected chi connectivity index (χ3v) is 6.74. The van der Waals surface area contributed by atoms with Gasteiger partial charge in [0.25, 0.3) is 0 Å². The molecule has 0 aliphatic heterocycles. The largest absolute Gasteiger partial charge is 0.481 e. The van der Waals surface area contributed by atoms with Crippen LogP contribution < -0.4 is 10.6 Å². The predicted octanol–water partition coefficient (Wildman–Crippen LogP) is 4.02. The molecule has 7 heteroatoms. The fourth-order valence-corrected chi connectivity index (χ4v) is 4.85. The van der Waals surface area contributed by atoms with E-state index >= 15 is 0 Å². The van der Waals surface area contributed by atoms with Crippen molar-refractivity contribution in [1.82, 2.24) is 10.6 Å². The number of carbonyl (C=O) groups excluding carboxylic acids is 2. The molecule has 3 N–H and O–H groups in total. The van der Waals surface area contributed by atoms with Gasteiger partial charge in [0, 0.05) is 24.9 Å². The number of amides is 2. The number of rotatable bonds is 10. The van der Waals surface area contributed by atoms with E-state index in [-0.39, 0.29) is 42.7 Å². The molecule has 7 nitrogen and oxygen atoms in total. The average molecular weight is 465 g/mol. The Hall–Kier alpha value is -3.35. The highest BCUT2D eigenvalue weighted by atomic mass is 16.5. The highest BCUT2D eigenvalue weighted by Crippen LogP contribution is 2.44. The van der Waals surface area contributed by atoms with Crippen LogP contribution in [0.4, 0.5) is 4.79 Å². The predicted molar refractivity (Wildman–Crippen MR) is 128 cm³/mol. The van der Waals surface area contributed by atoms with Gasteiger partial charge in [-0.3, -0.25) is 9.59 Å². The van der Waals surface area contributed by atoms with E-state index in [9.17, 15) is 19.5 Å². The number of ether oxygens (including phenoxy) is 1. The van der Waals surface area contributed by atoms with Gasteiger partial charge in [0.2, 0.25) is 5.91 Å². The molecule has 1 fully saturated rings. The topological polar surface area (TPSA) is 105 Å². The lowest BCUT2D eigenvalue weighted by Crippen LogP contribution is -2.35. The summed E-state index contributed by atoms with van der Waals surface area (Å²) in [5.74, 6) is -1.51. The number of fused-ring (bicyclic) bond motifs is 3. The monoisotopic (exact) mass is 464 g/mol. The number of benzene rings is 2. The van der Waals surface area contributed by atoms with Gasteiger partial charge in [-0.15, -0.1) is 0 Å². The minimum Gasteiger partial charge on any atom is -0.481 e. The summed E-state index contributed by atoms with van der Waals surface area (Å²) in [5, 5.41) is 14.9. The lowest BCUT2D eigenvalue weighted by Gasteiger charge is -2.15. The summed E-state index contributed by atoms with van der Waals surface area (Å²) in [7, 11) is 0. The molecule has 0 saturated heterocycles. The Labute approximate surface area is 199 Å². The molecule has 0 radical (unpaired) electrons. The number of hydrogen-bond acceptors (Lipinski definition) is 4. The Balaban J connectivity index is 1.21. The van der Waals surface area contributed by atoms with Gasteiger partial charge >= 0.3 is 12.1 Å². The van der Waals surface area contributed by atoms with E-state index in [1.165, 1.54) is 11.1 Å². The van der Waals surface area contributed by atoms with Gasteiger partial charge in [-0.2, -0.15) is 0 Å². The van der Waals surface area contributed by atoms with Crippen LogP contribution in [0.1, 0.15) is 43.7 Å². The number of carboxylic acids is 1. The van der Waals surface area contributed by atoms with Crippen molar-refractivity contribution in [3.05, 3.63) is 59.7 Å². The molecule has 0 spiro atoms. The van der Waals surface area contributed by atoms with Crippen molar-refractivity contribution in [1.29, 1.82) is 0 Å². The molecule has 2 aromatic rings. The maximum absolute atomic E-state index is 12.4. The zero-order chi connectivity index (χ0) is 24.2. The van der Waals surface area contributed by atoms with E-state index in [2.05, 4.69) is 34.9 Å². The van der Waals surface area contributed by atoms with Crippen LogP contribution in [0.2, 0.25) is 0 Å². The first-order chi connectivity index (χ1) is 16.3. The van der Waals surface area contributed by atoms with Crippen molar-refractivity contribution in [3.8, 4) is 11.1 Å². The van der Waals surface area contributed by atoms with Gasteiger partial charge in [-0.25, -0.2) is 4.79 Å². The Morgan fingerprint density at radius 1 is 1.00 bits per heavy atom. The Bertz CT molecular complexity index is 1020. The van der Waals surface area contributed by atoms with E-state index in [1.54, 1.807) is 0 Å². The first-order valence-corrected chi connectivity index (χ1v) is 11.9. The number of carbonyl (C=O) groups is 3. The van der Waals surface area contributed by atoms with Crippen molar-refractivity contribution in [2.45, 2.75) is 32.6 Å². The maximum atomic E-state index is 12.4. The number of alkyl carbamates (subject to hydrolysis) is 1. The summed E-state index contributed by atoms with van der Waals surface area (Å²) >= 11 is 0. The first kappa shape index (κ1) is 23.8. The number of hydrogen-bond donors (Lipinski definition) is 3. The molecule has 2 aromatic carbocycles. The Morgan fingerprint density at radius 3 is 2.21 bits per heavy atom. The summed E-state index contributed by atoms with van der Waals surface area (Å²) in [6, 6.07) is 16.4. The van der Waals surface area contributed by atoms with Gasteiger partial charge in [-0.1, -0.05) is 62.4 Å². The molecule has 180 valence electrons. The minimum absolute atomic E-state index is 0.00521. The number of aliphatic carboxylic acids is 1. The van der Waals surface area contributed by atoms with E-state index in [0.717, 1.165) is 11.1 Å². The molecule has 3 atom stereocenters. The molecular weight excluding hydrogens is 432 g/mol. The second kappa shape index (κ2) is 10.3. The molecule has 2 amide bonds. The lowest BCUT2D eigenvalue weighted by atomic mass is 9.97. The summed E-state index contributed by atoms with van der Waals surface area (Å²) in [5.41, 5.74) is 4.68. The van der Waals surface area contributed by atoms with Gasteiger partial charge in [-0.05, 0) is 46.9 Å². The molecule has 0 bridgehead atoms. The third kappa shape index (κ3) is 5.41. The Morgan fingerprint density at radius 2 is 1.62 bits per heavy atom. The molecular formula is C27H32N2O5. The molecule has 2 aliphatic carbocycles. The minimum atomic E-state index is -0.890. The molecule has 0 aromatic heterocycles. The van der Waals surface area contributed by atoms with Crippen LogP contribution in [-0.4, -0.2) is 42.8 Å². The van der Waals surface area contributed by atoms with E-state index in [1.807, 2.05) is 38.1 Å². The normalized spacial score (nSPS) is 19.1. The first-order valence-electron chi connectivity index (χ1n) is 11.9. The second-order valence-electron chi connectivity index (χ2n) is 9.72. The number of nitrogens with one attached hydrogen (secondary N) is 2. The van der Waals surface area contributed by atoms with E-state index in [0.29, 0.717) is 19.4 Å². The molecule has 2 aliphatic rings. The van der Waals surface area contributed by atoms with Crippen LogP contribution in [0.15, 0.2) is 48.5 Å². The van der Waals surface area contributed by atoms with Crippen molar-refractivity contribution in [2.24, 2.45) is 23.7 Å². The van der Waals surface area contributed by atoms with Crippen molar-refractivity contribution < 1.29 is 24.2 Å². The van der Waals surface area contributed by atoms with Crippen molar-refractivity contribution in [2.75, 3.05) is 19.7 Å². The molecule has 4 rings (SSSR count). The smallest absolute Gasteiger partial charge is 0.407 e. The van der Waals surface area contributed by atoms with Gasteiger partial charge in [0.1, 0.15) is 6.61 Å². The van der Waals surface area contributed by atoms with Crippen molar-refractivity contribution in [3.63, 3.8) is 0 Å². The molecule has 1 unspecified atom stereocenters. The molecule has 0 heterocycles. The SMILES string of the molecule is CC(C)CC(CNC(=O)[C@H]1C[C@H]1CNC(=O)OCC1c2ccccc2-c2ccccc21)C(=O)O. The quantitative estimate of drug-likeness (QED) is 0.493. The van der Waals surface area contributed by atoms with E-state index < -0.39 is 18.0 Å². The van der Waals surface area contributed by atoms with Crippen LogP contribution in [0.3, 0.4) is 0 Å². The Kier molecular flexibility index (Phi) is 7.20. The second-order valence-corrected chi connectivity index (χ2v) is 9.72. The van der Waals surface area contributed by atoms with Crippen LogP contribution in [0, 0.1) is 23.7 Å². The van der Waals surface area contributed by atoms with E-state index in [4.69, 9.17) is 4.74 Å². The van der Waals surface area contributed by atoms with Gasteiger partial charge < -0.3 is 20.5 Å². The van der Waals surface area contributed by atoms with Crippen LogP contribution >= 0.6 is 0 Å². The average Bonchev–Trinajstić information content (AvgIpc) is 3.53.